The van der Waals surface area contributed by atoms with Crippen molar-refractivity contribution in [1.82, 2.24) is 24.9 Å². The summed E-state index contributed by atoms with van der Waals surface area (Å²) in [5.41, 5.74) is -0.832. The summed E-state index contributed by atoms with van der Waals surface area (Å²) >= 11 is 0. The Kier molecular flexibility index (Phi) is 5.81. The fraction of sp³-hybridized carbons (Fsp3) is 0.333. The van der Waals surface area contributed by atoms with Crippen LogP contribution in [0.15, 0.2) is 48.9 Å². The Balaban J connectivity index is 1.55. The zero-order valence-corrected chi connectivity index (χ0v) is 17.0. The summed E-state index contributed by atoms with van der Waals surface area (Å²) in [6.45, 7) is 2.12. The van der Waals surface area contributed by atoms with Crippen LogP contribution >= 0.6 is 0 Å². The lowest BCUT2D eigenvalue weighted by Crippen LogP contribution is -2.51. The number of hydrogen-bond donors (Lipinski definition) is 0. The summed E-state index contributed by atoms with van der Waals surface area (Å²) in [6, 6.07) is 5.77. The van der Waals surface area contributed by atoms with Crippen LogP contribution in [0.5, 0.6) is 5.88 Å². The van der Waals surface area contributed by atoms with Crippen LogP contribution in [0.25, 0.3) is 5.69 Å². The topological polar surface area (TPSA) is 73.1 Å². The predicted octanol–water partition coefficient (Wildman–Crippen LogP) is 3.89. The van der Waals surface area contributed by atoms with Gasteiger partial charge in [0, 0.05) is 18.8 Å². The number of aromatic nitrogens is 4. The molecule has 0 aliphatic carbocycles. The average molecular weight is 449 g/mol. The zero-order chi connectivity index (χ0) is 22.9. The molecule has 11 heteroatoms. The highest BCUT2D eigenvalue weighted by Crippen LogP contribution is 2.30. The Morgan fingerprint density at radius 2 is 1.91 bits per heavy atom. The molecule has 0 unspecified atom stereocenters. The van der Waals surface area contributed by atoms with Crippen LogP contribution < -0.4 is 4.74 Å². The molecule has 0 N–H and O–H groups in total. The zero-order valence-electron chi connectivity index (χ0n) is 17.0. The molecule has 3 aromatic rings. The van der Waals surface area contributed by atoms with Gasteiger partial charge in [0.25, 0.3) is 5.91 Å². The third kappa shape index (κ3) is 4.27. The van der Waals surface area contributed by atoms with E-state index in [1.807, 2.05) is 0 Å². The molecular weight excluding hydrogens is 430 g/mol. The number of hydrogen-bond acceptors (Lipinski definition) is 5. The molecule has 1 amide bonds. The highest BCUT2D eigenvalue weighted by molar-refractivity contribution is 5.98. The highest BCUT2D eigenvalue weighted by atomic mass is 19.4. The quantitative estimate of drug-likeness (QED) is 0.565. The maximum atomic E-state index is 14.7. The molecule has 1 aliphatic rings. The van der Waals surface area contributed by atoms with Crippen LogP contribution in [0.3, 0.4) is 0 Å². The number of carbonyl (C=O) groups is 1. The Morgan fingerprint density at radius 1 is 1.16 bits per heavy atom. The molecular formula is C21H19F4N5O2. The van der Waals surface area contributed by atoms with E-state index >= 15 is 0 Å². The maximum Gasteiger partial charge on any atom is 0.417 e. The normalized spacial score (nSPS) is 19.1. The van der Waals surface area contributed by atoms with E-state index in [9.17, 15) is 22.4 Å². The highest BCUT2D eigenvalue weighted by Gasteiger charge is 2.36. The standard InChI is InChI=1S/C21H19F4N5O2/c1-13-17(32-18-8-7-14(12-26-18)21(23,24)25)6-3-11-29(13)20(31)19-15(22)4-2-5-16(19)30-27-9-10-28-30/h2,4-5,7-10,12-13,17H,3,6,11H2,1H3/t13-,17+/m0/s1. The monoisotopic (exact) mass is 449 g/mol. The van der Waals surface area contributed by atoms with E-state index in [1.165, 1.54) is 34.2 Å². The van der Waals surface area contributed by atoms with Crippen LogP contribution in [-0.2, 0) is 6.18 Å². The fourth-order valence-corrected chi connectivity index (χ4v) is 3.70. The number of alkyl halides is 3. The number of pyridine rings is 1. The SMILES string of the molecule is C[C@H]1[C@H](Oc2ccc(C(F)(F)F)cn2)CCCN1C(=O)c1c(F)cccc1-n1nccn1. The summed E-state index contributed by atoms with van der Waals surface area (Å²) < 4.78 is 58.7. The predicted molar refractivity (Wildman–Crippen MR) is 105 cm³/mol. The number of amides is 1. The second-order valence-electron chi connectivity index (χ2n) is 7.37. The second-order valence-corrected chi connectivity index (χ2v) is 7.37. The van der Waals surface area contributed by atoms with E-state index in [1.54, 1.807) is 13.0 Å². The molecule has 1 fully saturated rings. The minimum absolute atomic E-state index is 0.0245. The molecule has 2 atom stereocenters. The van der Waals surface area contributed by atoms with Crippen LogP contribution in [-0.4, -0.2) is 49.5 Å². The van der Waals surface area contributed by atoms with E-state index in [2.05, 4.69) is 15.2 Å². The van der Waals surface area contributed by atoms with Crippen molar-refractivity contribution in [3.05, 3.63) is 65.9 Å². The first-order chi connectivity index (χ1) is 15.3. The van der Waals surface area contributed by atoms with Gasteiger partial charge >= 0.3 is 6.18 Å². The second kappa shape index (κ2) is 8.56. The van der Waals surface area contributed by atoms with Crippen LogP contribution in [0, 0.1) is 5.82 Å². The summed E-state index contributed by atoms with van der Waals surface area (Å²) in [6.07, 6.45) is -0.325. The van der Waals surface area contributed by atoms with Crippen molar-refractivity contribution < 1.29 is 27.1 Å². The maximum absolute atomic E-state index is 14.7. The van der Waals surface area contributed by atoms with Gasteiger partial charge in [-0.05, 0) is 38.0 Å². The lowest BCUT2D eigenvalue weighted by atomic mass is 9.98. The van der Waals surface area contributed by atoms with Crippen LogP contribution in [0.2, 0.25) is 0 Å². The van der Waals surface area contributed by atoms with E-state index in [0.717, 1.165) is 12.1 Å². The van der Waals surface area contributed by atoms with E-state index in [4.69, 9.17) is 4.74 Å². The summed E-state index contributed by atoms with van der Waals surface area (Å²) in [4.78, 5) is 19.7. The molecule has 0 saturated carbocycles. The molecule has 3 heterocycles. The molecule has 4 rings (SSSR count). The van der Waals surface area contributed by atoms with Gasteiger partial charge in [-0.2, -0.15) is 28.2 Å². The number of likely N-dealkylation sites (tertiary alicyclic amines) is 1. The first-order valence-corrected chi connectivity index (χ1v) is 9.92. The largest absolute Gasteiger partial charge is 0.472 e. The number of piperidine rings is 1. The Hall–Kier alpha value is -3.50. The van der Waals surface area contributed by atoms with Gasteiger partial charge in [0.05, 0.1) is 24.0 Å². The van der Waals surface area contributed by atoms with Crippen molar-refractivity contribution in [2.45, 2.75) is 38.1 Å². The lowest BCUT2D eigenvalue weighted by Gasteiger charge is -2.39. The Labute approximate surface area is 180 Å². The van der Waals surface area contributed by atoms with Gasteiger partial charge in [0.2, 0.25) is 5.88 Å². The van der Waals surface area contributed by atoms with Gasteiger partial charge in [0.15, 0.2) is 0 Å². The molecule has 0 bridgehead atoms. The third-order valence-corrected chi connectivity index (χ3v) is 5.35. The molecule has 1 saturated heterocycles. The lowest BCUT2D eigenvalue weighted by molar-refractivity contribution is -0.137. The molecule has 2 aromatic heterocycles. The molecule has 1 aromatic carbocycles. The summed E-state index contributed by atoms with van der Waals surface area (Å²) in [5, 5.41) is 7.97. The van der Waals surface area contributed by atoms with Gasteiger partial charge in [-0.1, -0.05) is 6.07 Å². The van der Waals surface area contributed by atoms with Crippen molar-refractivity contribution in [3.63, 3.8) is 0 Å². The third-order valence-electron chi connectivity index (χ3n) is 5.35. The first-order valence-electron chi connectivity index (χ1n) is 9.92. The van der Waals surface area contributed by atoms with E-state index in [-0.39, 0.29) is 17.1 Å². The number of benzene rings is 1. The van der Waals surface area contributed by atoms with Crippen LogP contribution in [0.4, 0.5) is 17.6 Å². The van der Waals surface area contributed by atoms with Crippen molar-refractivity contribution in [1.29, 1.82) is 0 Å². The number of nitrogens with zero attached hydrogens (tertiary/aromatic N) is 5. The molecule has 168 valence electrons. The van der Waals surface area contributed by atoms with Crippen molar-refractivity contribution >= 4 is 5.91 Å². The van der Waals surface area contributed by atoms with Gasteiger partial charge in [0.1, 0.15) is 23.2 Å². The number of ether oxygens (including phenoxy) is 1. The van der Waals surface area contributed by atoms with Crippen LogP contribution in [0.1, 0.15) is 35.7 Å². The molecule has 1 aliphatic heterocycles. The van der Waals surface area contributed by atoms with E-state index < -0.39 is 35.6 Å². The van der Waals surface area contributed by atoms with Crippen molar-refractivity contribution in [3.8, 4) is 11.6 Å². The number of carbonyl (C=O) groups excluding carboxylic acids is 1. The molecule has 0 radical (unpaired) electrons. The van der Waals surface area contributed by atoms with Gasteiger partial charge in [-0.15, -0.1) is 0 Å². The number of rotatable bonds is 4. The number of halogens is 4. The van der Waals surface area contributed by atoms with Gasteiger partial charge < -0.3 is 9.64 Å². The Bertz CT molecular complexity index is 1090. The molecule has 0 spiro atoms. The average Bonchev–Trinajstić information content (AvgIpc) is 3.29. The molecule has 7 nitrogen and oxygen atoms in total. The minimum Gasteiger partial charge on any atom is -0.472 e. The molecule has 32 heavy (non-hydrogen) atoms. The first kappa shape index (κ1) is 21.7. The van der Waals surface area contributed by atoms with Crippen molar-refractivity contribution in [2.24, 2.45) is 0 Å². The van der Waals surface area contributed by atoms with Crippen molar-refractivity contribution in [2.75, 3.05) is 6.54 Å². The fourth-order valence-electron chi connectivity index (χ4n) is 3.70. The smallest absolute Gasteiger partial charge is 0.417 e. The Morgan fingerprint density at radius 3 is 2.56 bits per heavy atom. The minimum atomic E-state index is -4.49. The van der Waals surface area contributed by atoms with E-state index in [0.29, 0.717) is 25.6 Å². The summed E-state index contributed by atoms with van der Waals surface area (Å²) in [5.74, 6) is -1.22. The summed E-state index contributed by atoms with van der Waals surface area (Å²) in [7, 11) is 0. The van der Waals surface area contributed by atoms with Gasteiger partial charge in [-0.3, -0.25) is 4.79 Å². The van der Waals surface area contributed by atoms with Gasteiger partial charge in [-0.25, -0.2) is 9.37 Å².